The molecule has 0 bridgehead atoms. The lowest BCUT2D eigenvalue weighted by atomic mass is 9.98. The average Bonchev–Trinajstić information content (AvgIpc) is 3.33. The van der Waals surface area contributed by atoms with Crippen molar-refractivity contribution in [3.05, 3.63) is 90.7 Å². The van der Waals surface area contributed by atoms with E-state index in [0.717, 1.165) is 12.1 Å². The van der Waals surface area contributed by atoms with E-state index in [1.807, 2.05) is 30.4 Å². The van der Waals surface area contributed by atoms with Crippen molar-refractivity contribution in [3.8, 4) is 11.1 Å². The first-order valence-electron chi connectivity index (χ1n) is 11.4. The molecule has 0 aliphatic rings. The summed E-state index contributed by atoms with van der Waals surface area (Å²) in [4.78, 5) is 31.2. The van der Waals surface area contributed by atoms with Crippen molar-refractivity contribution >= 4 is 51.2 Å². The van der Waals surface area contributed by atoms with Gasteiger partial charge in [0.2, 0.25) is 0 Å². The number of thiophene rings is 1. The first-order valence-corrected chi connectivity index (χ1v) is 13.1. The van der Waals surface area contributed by atoms with Gasteiger partial charge >= 0.3 is 0 Å². The Morgan fingerprint density at radius 3 is 2.36 bits per heavy atom. The lowest BCUT2D eigenvalue weighted by molar-refractivity contribution is 0.0773. The molecule has 2 aromatic carbocycles. The van der Waals surface area contributed by atoms with Crippen LogP contribution in [0, 0.1) is 5.82 Å². The molecule has 0 aliphatic carbocycles. The Labute approximate surface area is 223 Å². The average molecular weight is 546 g/mol. The highest BCUT2D eigenvalue weighted by Crippen LogP contribution is 2.34. The first-order chi connectivity index (χ1) is 17.2. The van der Waals surface area contributed by atoms with Crippen molar-refractivity contribution in [3.63, 3.8) is 0 Å². The zero-order valence-electron chi connectivity index (χ0n) is 20.2. The molecule has 5 nitrogen and oxygen atoms in total. The molecule has 0 fully saturated rings. The van der Waals surface area contributed by atoms with Gasteiger partial charge in [0.1, 0.15) is 11.5 Å². The molecule has 4 rings (SSSR count). The van der Waals surface area contributed by atoms with E-state index in [-0.39, 0.29) is 23.8 Å². The Morgan fingerprint density at radius 1 is 1.00 bits per heavy atom. The molecule has 0 radical (unpaired) electrons. The second kappa shape index (κ2) is 11.1. The molecule has 0 saturated heterocycles. The molecule has 1 amide bonds. The summed E-state index contributed by atoms with van der Waals surface area (Å²) in [7, 11) is 5.61. The van der Waals surface area contributed by atoms with Crippen LogP contribution in [-0.2, 0) is 13.1 Å². The zero-order valence-corrected chi connectivity index (χ0v) is 22.6. The van der Waals surface area contributed by atoms with Crippen LogP contribution in [0.1, 0.15) is 22.5 Å². The maximum Gasteiger partial charge on any atom is 0.271 e. The number of amides is 1. The molecule has 0 unspecified atom stereocenters. The number of halogens is 3. The minimum atomic E-state index is -0.371. The molecule has 0 atom stereocenters. The SMILES string of the molecule is CN(C)CCCn1c(C(=O)N(C)Cc2ccc(Cl)c(Cl)c2)c(-c2ccc(F)cc2)c2cscc2c1=O. The maximum atomic E-state index is 14.0. The Bertz CT molecular complexity index is 1460. The van der Waals surface area contributed by atoms with Gasteiger partial charge in [0.05, 0.1) is 15.4 Å². The van der Waals surface area contributed by atoms with Gasteiger partial charge in [-0.1, -0.05) is 41.4 Å². The summed E-state index contributed by atoms with van der Waals surface area (Å²) in [5.74, 6) is -0.681. The maximum absolute atomic E-state index is 14.0. The largest absolute Gasteiger partial charge is 0.336 e. The van der Waals surface area contributed by atoms with E-state index in [9.17, 15) is 14.0 Å². The van der Waals surface area contributed by atoms with Gasteiger partial charge in [-0.15, -0.1) is 0 Å². The van der Waals surface area contributed by atoms with Crippen LogP contribution in [0.2, 0.25) is 10.0 Å². The fraction of sp³-hybridized carbons (Fsp3) is 0.259. The number of carbonyl (C=O) groups excluding carboxylic acids is 1. The van der Waals surface area contributed by atoms with E-state index in [4.69, 9.17) is 23.2 Å². The van der Waals surface area contributed by atoms with Crippen LogP contribution in [-0.4, -0.2) is 48.0 Å². The molecule has 9 heteroatoms. The molecule has 0 spiro atoms. The van der Waals surface area contributed by atoms with Crippen LogP contribution in [0.3, 0.4) is 0 Å². The highest BCUT2D eigenvalue weighted by Gasteiger charge is 2.26. The predicted octanol–water partition coefficient (Wildman–Crippen LogP) is 6.40. The minimum absolute atomic E-state index is 0.206. The topological polar surface area (TPSA) is 45.6 Å². The van der Waals surface area contributed by atoms with Crippen molar-refractivity contribution < 1.29 is 9.18 Å². The minimum Gasteiger partial charge on any atom is -0.336 e. The van der Waals surface area contributed by atoms with E-state index < -0.39 is 0 Å². The molecule has 0 saturated carbocycles. The Hall–Kier alpha value is -2.71. The van der Waals surface area contributed by atoms with Crippen LogP contribution in [0.5, 0.6) is 0 Å². The quantitative estimate of drug-likeness (QED) is 0.257. The van der Waals surface area contributed by atoms with Gasteiger partial charge < -0.3 is 14.4 Å². The number of fused-ring (bicyclic) bond motifs is 1. The monoisotopic (exact) mass is 545 g/mol. The number of carbonyl (C=O) groups is 1. The molecule has 4 aromatic rings. The van der Waals surface area contributed by atoms with Crippen LogP contribution in [0.15, 0.2) is 58.0 Å². The molecule has 0 aliphatic heterocycles. The van der Waals surface area contributed by atoms with Crippen molar-refractivity contribution in [2.45, 2.75) is 19.5 Å². The van der Waals surface area contributed by atoms with Crippen molar-refractivity contribution in [2.24, 2.45) is 0 Å². The van der Waals surface area contributed by atoms with E-state index in [1.165, 1.54) is 23.5 Å². The molecule has 2 heterocycles. The summed E-state index contributed by atoms with van der Waals surface area (Å²) in [5.41, 5.74) is 2.19. The number of hydrogen-bond acceptors (Lipinski definition) is 4. The number of hydrogen-bond donors (Lipinski definition) is 0. The fourth-order valence-electron chi connectivity index (χ4n) is 4.22. The Balaban J connectivity index is 1.88. The summed E-state index contributed by atoms with van der Waals surface area (Å²) < 4.78 is 15.4. The Kier molecular flexibility index (Phi) is 8.15. The summed E-state index contributed by atoms with van der Waals surface area (Å²) in [6, 6.07) is 11.2. The van der Waals surface area contributed by atoms with Crippen LogP contribution in [0.25, 0.3) is 21.9 Å². The molecular formula is C27H26Cl2FN3O2S. The van der Waals surface area contributed by atoms with E-state index in [0.29, 0.717) is 50.6 Å². The van der Waals surface area contributed by atoms with E-state index in [2.05, 4.69) is 0 Å². The second-order valence-electron chi connectivity index (χ2n) is 8.95. The third-order valence-electron chi connectivity index (χ3n) is 5.99. The second-order valence-corrected chi connectivity index (χ2v) is 10.5. The van der Waals surface area contributed by atoms with Crippen molar-refractivity contribution in [1.29, 1.82) is 0 Å². The van der Waals surface area contributed by atoms with Gasteiger partial charge in [-0.25, -0.2) is 4.39 Å². The van der Waals surface area contributed by atoms with Gasteiger partial charge in [0, 0.05) is 36.5 Å². The Morgan fingerprint density at radius 2 is 1.69 bits per heavy atom. The van der Waals surface area contributed by atoms with Gasteiger partial charge in [-0.2, -0.15) is 11.3 Å². The van der Waals surface area contributed by atoms with Crippen LogP contribution in [0.4, 0.5) is 4.39 Å². The number of pyridine rings is 1. The summed E-state index contributed by atoms with van der Waals surface area (Å²) in [5, 5.41) is 5.75. The molecule has 188 valence electrons. The lowest BCUT2D eigenvalue weighted by Crippen LogP contribution is -2.35. The van der Waals surface area contributed by atoms with Gasteiger partial charge in [-0.05, 0) is 67.8 Å². The standard InChI is InChI=1S/C27H26Cl2FN3O2S/c1-31(2)11-4-12-33-25(27(35)32(3)14-17-5-10-22(28)23(29)13-17)24(18-6-8-19(30)9-7-18)20-15-36-16-21(20)26(33)34/h5-10,13,15-16H,4,11-12,14H2,1-3H3. The number of benzene rings is 2. The first kappa shape index (κ1) is 26.4. The molecule has 36 heavy (non-hydrogen) atoms. The fourth-order valence-corrected chi connectivity index (χ4v) is 5.35. The highest BCUT2D eigenvalue weighted by atomic mass is 35.5. The predicted molar refractivity (Wildman–Crippen MR) is 147 cm³/mol. The van der Waals surface area contributed by atoms with Gasteiger partial charge in [0.25, 0.3) is 11.5 Å². The number of aromatic nitrogens is 1. The van der Waals surface area contributed by atoms with E-state index >= 15 is 0 Å². The smallest absolute Gasteiger partial charge is 0.271 e. The van der Waals surface area contributed by atoms with Crippen molar-refractivity contribution in [1.82, 2.24) is 14.4 Å². The summed E-state index contributed by atoms with van der Waals surface area (Å²) in [6.45, 7) is 1.40. The van der Waals surface area contributed by atoms with Crippen LogP contribution >= 0.6 is 34.5 Å². The van der Waals surface area contributed by atoms with Crippen LogP contribution < -0.4 is 5.56 Å². The summed E-state index contributed by atoms with van der Waals surface area (Å²) >= 11 is 13.6. The van der Waals surface area contributed by atoms with E-state index in [1.54, 1.807) is 46.2 Å². The third-order valence-corrected chi connectivity index (χ3v) is 7.47. The molecular weight excluding hydrogens is 520 g/mol. The third kappa shape index (κ3) is 5.49. The highest BCUT2D eigenvalue weighted by molar-refractivity contribution is 7.09. The molecule has 0 N–H and O–H groups in total. The van der Waals surface area contributed by atoms with Gasteiger partial charge in [0.15, 0.2) is 0 Å². The van der Waals surface area contributed by atoms with Crippen molar-refractivity contribution in [2.75, 3.05) is 27.7 Å². The summed E-state index contributed by atoms with van der Waals surface area (Å²) in [6.07, 6.45) is 0.683. The lowest BCUT2D eigenvalue weighted by Gasteiger charge is -2.24. The normalized spacial score (nSPS) is 11.4. The number of nitrogens with zero attached hydrogens (tertiary/aromatic N) is 3. The number of rotatable bonds is 8. The zero-order chi connectivity index (χ0) is 26.0. The molecule has 2 aromatic heterocycles. The van der Waals surface area contributed by atoms with Gasteiger partial charge in [-0.3, -0.25) is 9.59 Å².